The molecular weight excluding hydrogens is 218 g/mol. The van der Waals surface area contributed by atoms with Crippen molar-refractivity contribution in [3.8, 4) is 0 Å². The summed E-state index contributed by atoms with van der Waals surface area (Å²) in [5.74, 6) is -0.179. The van der Waals surface area contributed by atoms with Crippen molar-refractivity contribution >= 4 is 16.9 Å². The van der Waals surface area contributed by atoms with Crippen molar-refractivity contribution in [2.75, 3.05) is 6.61 Å². The zero-order valence-corrected chi connectivity index (χ0v) is 9.27. The van der Waals surface area contributed by atoms with Gasteiger partial charge in [0.1, 0.15) is 11.8 Å². The first-order valence-electron chi connectivity index (χ1n) is 5.64. The largest absolute Gasteiger partial charge is 0.463 e. The molecule has 1 saturated carbocycles. The summed E-state index contributed by atoms with van der Waals surface area (Å²) in [4.78, 5) is 12.1. The maximum Gasteiger partial charge on any atom is 0.255 e. The van der Waals surface area contributed by atoms with Gasteiger partial charge in [-0.15, -0.1) is 0 Å². The summed E-state index contributed by atoms with van der Waals surface area (Å²) in [7, 11) is 0. The molecule has 0 spiro atoms. The lowest BCUT2D eigenvalue weighted by molar-refractivity contribution is 0.0907. The highest BCUT2D eigenvalue weighted by Gasteiger charge is 2.43. The van der Waals surface area contributed by atoms with Gasteiger partial charge in [0, 0.05) is 5.39 Å². The van der Waals surface area contributed by atoms with Gasteiger partial charge in [0.05, 0.1) is 17.7 Å². The molecule has 88 valence electrons. The number of hydrogen-bond acceptors (Lipinski definition) is 3. The van der Waals surface area contributed by atoms with Crippen LogP contribution < -0.4 is 5.32 Å². The summed E-state index contributed by atoms with van der Waals surface area (Å²) in [5, 5.41) is 12.8. The fourth-order valence-electron chi connectivity index (χ4n) is 1.94. The van der Waals surface area contributed by atoms with Crippen LogP contribution >= 0.6 is 0 Å². The molecule has 0 saturated heterocycles. The molecule has 3 rings (SSSR count). The molecule has 4 nitrogen and oxygen atoms in total. The van der Waals surface area contributed by atoms with Crippen LogP contribution in [-0.2, 0) is 0 Å². The van der Waals surface area contributed by atoms with E-state index in [0.717, 1.165) is 18.2 Å². The van der Waals surface area contributed by atoms with Crippen molar-refractivity contribution in [1.29, 1.82) is 0 Å². The summed E-state index contributed by atoms with van der Waals surface area (Å²) in [6.07, 6.45) is 3.14. The first kappa shape index (κ1) is 10.4. The third-order valence-electron chi connectivity index (χ3n) is 3.26. The van der Waals surface area contributed by atoms with Crippen LogP contribution in [0.1, 0.15) is 23.2 Å². The van der Waals surface area contributed by atoms with Crippen LogP contribution in [-0.4, -0.2) is 23.2 Å². The van der Waals surface area contributed by atoms with E-state index in [4.69, 9.17) is 4.42 Å². The molecule has 0 aliphatic heterocycles. The molecule has 1 fully saturated rings. The predicted octanol–water partition coefficient (Wildman–Crippen LogP) is 1.69. The molecule has 2 N–H and O–H groups in total. The molecule has 1 aliphatic rings. The van der Waals surface area contributed by atoms with Crippen molar-refractivity contribution in [3.63, 3.8) is 0 Å². The molecule has 4 heteroatoms. The number of hydrogen-bond donors (Lipinski definition) is 2. The maximum atomic E-state index is 12.1. The lowest BCUT2D eigenvalue weighted by Crippen LogP contribution is -2.39. The first-order chi connectivity index (χ1) is 8.24. The highest BCUT2D eigenvalue weighted by Crippen LogP contribution is 2.35. The maximum absolute atomic E-state index is 12.1. The van der Waals surface area contributed by atoms with Gasteiger partial charge in [-0.05, 0) is 18.9 Å². The first-order valence-corrected chi connectivity index (χ1v) is 5.64. The summed E-state index contributed by atoms with van der Waals surface area (Å²) < 4.78 is 5.32. The Bertz CT molecular complexity index is 569. The fraction of sp³-hybridized carbons (Fsp3) is 0.308. The van der Waals surface area contributed by atoms with Crippen molar-refractivity contribution in [2.24, 2.45) is 0 Å². The zero-order chi connectivity index (χ0) is 11.9. The van der Waals surface area contributed by atoms with E-state index < -0.39 is 5.54 Å². The summed E-state index contributed by atoms with van der Waals surface area (Å²) in [6.45, 7) is -0.00543. The van der Waals surface area contributed by atoms with Crippen molar-refractivity contribution in [1.82, 2.24) is 5.32 Å². The van der Waals surface area contributed by atoms with Crippen molar-refractivity contribution in [2.45, 2.75) is 18.4 Å². The molecule has 1 aromatic carbocycles. The van der Waals surface area contributed by atoms with Gasteiger partial charge in [-0.25, -0.2) is 0 Å². The van der Waals surface area contributed by atoms with Crippen LogP contribution in [0, 0.1) is 0 Å². The van der Waals surface area contributed by atoms with Crippen molar-refractivity contribution in [3.05, 3.63) is 36.1 Å². The molecule has 1 heterocycles. The molecular formula is C13H13NO3. The summed E-state index contributed by atoms with van der Waals surface area (Å²) >= 11 is 0. The van der Waals surface area contributed by atoms with Crippen LogP contribution in [0.15, 0.2) is 34.9 Å². The third kappa shape index (κ3) is 1.70. The highest BCUT2D eigenvalue weighted by atomic mass is 16.3. The van der Waals surface area contributed by atoms with Gasteiger partial charge in [0.15, 0.2) is 0 Å². The lowest BCUT2D eigenvalue weighted by Gasteiger charge is -2.13. The van der Waals surface area contributed by atoms with Gasteiger partial charge in [-0.1, -0.05) is 18.2 Å². The fourth-order valence-corrected chi connectivity index (χ4v) is 1.94. The van der Waals surface area contributed by atoms with Crippen molar-refractivity contribution < 1.29 is 14.3 Å². The number of aliphatic hydroxyl groups is 1. The van der Waals surface area contributed by atoms with Crippen LogP contribution in [0.4, 0.5) is 0 Å². The second-order valence-electron chi connectivity index (χ2n) is 4.54. The quantitative estimate of drug-likeness (QED) is 0.844. The normalized spacial score (nSPS) is 17.0. The Morgan fingerprint density at radius 1 is 1.41 bits per heavy atom. The van der Waals surface area contributed by atoms with E-state index in [1.807, 2.05) is 24.3 Å². The Morgan fingerprint density at radius 2 is 2.18 bits per heavy atom. The Kier molecular flexibility index (Phi) is 2.19. The molecule has 1 amide bonds. The number of para-hydroxylation sites is 1. The number of amides is 1. The summed E-state index contributed by atoms with van der Waals surface area (Å²) in [5.41, 5.74) is 0.835. The number of benzene rings is 1. The van der Waals surface area contributed by atoms with E-state index in [-0.39, 0.29) is 12.5 Å². The molecule has 0 unspecified atom stereocenters. The van der Waals surface area contributed by atoms with Gasteiger partial charge in [-0.3, -0.25) is 4.79 Å². The Balaban J connectivity index is 1.91. The van der Waals surface area contributed by atoms with E-state index >= 15 is 0 Å². The van der Waals surface area contributed by atoms with Crippen LogP contribution in [0.2, 0.25) is 0 Å². The van der Waals surface area contributed by atoms with Gasteiger partial charge < -0.3 is 14.8 Å². The van der Waals surface area contributed by atoms with E-state index in [1.165, 1.54) is 6.26 Å². The second-order valence-corrected chi connectivity index (χ2v) is 4.54. The number of furan rings is 1. The average Bonchev–Trinajstić information content (AvgIpc) is 2.99. The Labute approximate surface area is 98.2 Å². The highest BCUT2D eigenvalue weighted by molar-refractivity contribution is 6.06. The van der Waals surface area contributed by atoms with E-state index in [2.05, 4.69) is 5.32 Å². The van der Waals surface area contributed by atoms with Gasteiger partial charge >= 0.3 is 0 Å². The summed E-state index contributed by atoms with van der Waals surface area (Å²) in [6, 6.07) is 7.41. The van der Waals surface area contributed by atoms with Gasteiger partial charge in [0.25, 0.3) is 5.91 Å². The van der Waals surface area contributed by atoms with Gasteiger partial charge in [0.2, 0.25) is 0 Å². The second kappa shape index (κ2) is 3.60. The topological polar surface area (TPSA) is 62.5 Å². The predicted molar refractivity (Wildman–Crippen MR) is 62.7 cm³/mol. The van der Waals surface area contributed by atoms with Crippen LogP contribution in [0.5, 0.6) is 0 Å². The minimum Gasteiger partial charge on any atom is -0.463 e. The molecule has 17 heavy (non-hydrogen) atoms. The minimum atomic E-state index is -0.393. The van der Waals surface area contributed by atoms with E-state index in [9.17, 15) is 9.90 Å². The monoisotopic (exact) mass is 231 g/mol. The molecule has 0 radical (unpaired) electrons. The average molecular weight is 231 g/mol. The zero-order valence-electron chi connectivity index (χ0n) is 9.27. The molecule has 0 bridgehead atoms. The Hall–Kier alpha value is -1.81. The molecule has 0 atom stereocenters. The lowest BCUT2D eigenvalue weighted by atomic mass is 10.1. The number of fused-ring (bicyclic) bond motifs is 1. The number of aliphatic hydroxyl groups excluding tert-OH is 1. The molecule has 1 aliphatic carbocycles. The van der Waals surface area contributed by atoms with E-state index in [0.29, 0.717) is 11.1 Å². The third-order valence-corrected chi connectivity index (χ3v) is 3.26. The Morgan fingerprint density at radius 3 is 2.88 bits per heavy atom. The molecule has 1 aromatic heterocycles. The molecule has 2 aromatic rings. The van der Waals surface area contributed by atoms with E-state index in [1.54, 1.807) is 0 Å². The SMILES string of the molecule is O=C(NC1(CO)CC1)c1coc2ccccc12. The number of carbonyl (C=O) groups excluding carboxylic acids is 1. The number of carbonyl (C=O) groups is 1. The van der Waals surface area contributed by atoms with Crippen LogP contribution in [0.3, 0.4) is 0 Å². The number of nitrogens with one attached hydrogen (secondary N) is 1. The number of rotatable bonds is 3. The van der Waals surface area contributed by atoms with Crippen LogP contribution in [0.25, 0.3) is 11.0 Å². The smallest absolute Gasteiger partial charge is 0.255 e. The van der Waals surface area contributed by atoms with Gasteiger partial charge in [-0.2, -0.15) is 0 Å². The minimum absolute atomic E-state index is 0.00543. The standard InChI is InChI=1S/C13H13NO3/c15-8-13(5-6-13)14-12(16)10-7-17-11-4-2-1-3-9(10)11/h1-4,7,15H,5-6,8H2,(H,14,16).